The molecule has 4 unspecified atom stereocenters. The smallest absolute Gasteiger partial charge is 0.115 e. The average Bonchev–Trinajstić information content (AvgIpc) is 4.11. The highest BCUT2D eigenvalue weighted by Crippen LogP contribution is 2.72. The maximum Gasteiger partial charge on any atom is 0.115 e. The van der Waals surface area contributed by atoms with Gasteiger partial charge in [-0.2, -0.15) is 0 Å². The van der Waals surface area contributed by atoms with E-state index in [0.717, 1.165) is 32.2 Å². The maximum atomic E-state index is 10.6. The minimum Gasteiger partial charge on any atom is -0.508 e. The molecule has 0 saturated carbocycles. The van der Waals surface area contributed by atoms with Crippen molar-refractivity contribution in [2.24, 2.45) is 5.92 Å². The summed E-state index contributed by atoms with van der Waals surface area (Å²) >= 11 is 0. The highest BCUT2D eigenvalue weighted by molar-refractivity contribution is 6.61. The highest BCUT2D eigenvalue weighted by Gasteiger charge is 2.63. The molecule has 11 aromatic carbocycles. The van der Waals surface area contributed by atoms with Gasteiger partial charge in [-0.15, -0.1) is 0 Å². The van der Waals surface area contributed by atoms with Crippen molar-refractivity contribution in [2.75, 3.05) is 11.4 Å². The molecule has 7 aliphatic rings. The number of allylic oxidation sites excluding steroid dienone is 2. The number of benzene rings is 8. The minimum atomic E-state index is 0.0505. The molecule has 6 aliphatic carbocycles. The number of rotatable bonds is 11. The summed E-state index contributed by atoms with van der Waals surface area (Å²) in [5, 5.41) is 41.9. The van der Waals surface area contributed by atoms with Gasteiger partial charge in [0.1, 0.15) is 5.75 Å². The zero-order chi connectivity index (χ0) is 38.4. The molecule has 0 bridgehead atoms. The van der Waals surface area contributed by atoms with Crippen LogP contribution < -0.4 is 10.1 Å². The van der Waals surface area contributed by atoms with E-state index in [0.29, 0.717) is 23.6 Å². The summed E-state index contributed by atoms with van der Waals surface area (Å²) in [6, 6.07) is 16.9. The van der Waals surface area contributed by atoms with Gasteiger partial charge in [0, 0.05) is 35.5 Å². The molecule has 60 heavy (non-hydrogen) atoms. The first-order valence-corrected chi connectivity index (χ1v) is 24.0. The number of nitrogens with zero attached hydrogens (tertiary/aromatic N) is 1. The third-order valence-corrected chi connectivity index (χ3v) is 19.0. The van der Waals surface area contributed by atoms with Gasteiger partial charge in [-0.25, -0.2) is 0 Å². The molecule has 1 saturated heterocycles. The van der Waals surface area contributed by atoms with Gasteiger partial charge in [0.05, 0.1) is 0 Å². The van der Waals surface area contributed by atoms with Crippen LogP contribution in [-0.2, 0) is 24.7 Å². The van der Waals surface area contributed by atoms with Crippen LogP contribution >= 0.6 is 0 Å². The highest BCUT2D eigenvalue weighted by atomic mass is 16.3. The van der Waals surface area contributed by atoms with Crippen LogP contribution in [0.2, 0.25) is 0 Å². The lowest BCUT2D eigenvalue weighted by Crippen LogP contribution is -2.43. The van der Waals surface area contributed by atoms with Crippen molar-refractivity contribution in [1.29, 1.82) is 0 Å². The maximum absolute atomic E-state index is 10.6. The predicted octanol–water partition coefficient (Wildman–Crippen LogP) is 13.8. The molecule has 0 aromatic heterocycles. The first-order valence-electron chi connectivity index (χ1n) is 24.0. The fraction of sp³-hybridized carbons (Fsp3) is 0.345. The number of unbranched alkanes of at least 4 members (excludes halogenated alkanes) is 8. The Labute approximate surface area is 347 Å². The fourth-order valence-electron chi connectivity index (χ4n) is 17.5. The van der Waals surface area contributed by atoms with Crippen LogP contribution in [0.15, 0.2) is 48.5 Å². The van der Waals surface area contributed by atoms with Gasteiger partial charge >= 0.3 is 0 Å². The van der Waals surface area contributed by atoms with E-state index in [1.54, 1.807) is 147 Å². The van der Waals surface area contributed by atoms with E-state index in [4.69, 9.17) is 0 Å². The largest absolute Gasteiger partial charge is 0.508 e. The molecule has 1 N–H and O–H groups in total. The molecular weight excluding hydrogens is 727 g/mol. The third kappa shape index (κ3) is 2.86. The van der Waals surface area contributed by atoms with Gasteiger partial charge in [0.2, 0.25) is 0 Å². The van der Waals surface area contributed by atoms with Gasteiger partial charge < -0.3 is 10.0 Å². The Morgan fingerprint density at radius 1 is 0.600 bits per heavy atom. The van der Waals surface area contributed by atoms with Gasteiger partial charge in [0.15, 0.2) is 0 Å². The Morgan fingerprint density at radius 3 is 2.05 bits per heavy atom. The van der Waals surface area contributed by atoms with Crippen molar-refractivity contribution < 1.29 is 5.11 Å². The second-order valence-corrected chi connectivity index (χ2v) is 21.4. The normalized spacial score (nSPS) is 24.1. The molecule has 0 radical (unpaired) electrons. The van der Waals surface area contributed by atoms with Gasteiger partial charge in [-0.05, 0) is 203 Å². The summed E-state index contributed by atoms with van der Waals surface area (Å²) in [6.45, 7) is 3.40. The molecule has 1 heterocycles. The second kappa shape index (κ2) is 9.42. The number of fused-ring (bicyclic) bond motifs is 1. The number of phenolic OH excluding ortho intramolecular Hbond substituents is 1. The molecule has 2 heteroatoms. The Balaban J connectivity index is 0.962. The Kier molecular flexibility index (Phi) is 4.81. The molecule has 288 valence electrons. The first-order chi connectivity index (χ1) is 29.6. The quantitative estimate of drug-likeness (QED) is 0.105. The van der Waals surface area contributed by atoms with Crippen molar-refractivity contribution in [3.05, 3.63) is 92.7 Å². The van der Waals surface area contributed by atoms with Crippen LogP contribution in [-0.4, -0.2) is 17.7 Å². The molecule has 18 rings (SSSR count). The zero-order valence-corrected chi connectivity index (χ0v) is 34.4. The molecule has 0 amide bonds. The van der Waals surface area contributed by atoms with Crippen LogP contribution in [0.1, 0.15) is 122 Å². The van der Waals surface area contributed by atoms with Crippen LogP contribution in [0.5, 0.6) is 5.75 Å². The van der Waals surface area contributed by atoms with Gasteiger partial charge in [0.25, 0.3) is 0 Å². The molecule has 2 nitrogen and oxygen atoms in total. The number of hydrogen-bond donors (Lipinski definition) is 1. The molecule has 11 aromatic rings. The number of phenols is 1. The lowest BCUT2D eigenvalue weighted by atomic mass is 9.58. The molecular formula is C58H45NO. The van der Waals surface area contributed by atoms with E-state index in [1.807, 2.05) is 12.1 Å². The standard InChI is InChI=1S/C58H45NO/c1-2-3-4-5-6-7-8-9-10-11-35-56-34-22-30-20-27-18-28-17-25-16-26-19-29-21-31-23-58(56,24-59(35)32-12-14-33(60)15-13-32)57-42(31)47-41(29)46-37(26)36(25)44-40(28)45-38(27)39(30)48-43(34)55(57)54-52(47)50(46)49(44)51(45)53(48)54/h12-15,17,19,21-22,34-35,56,60H,2-11,16,18,20,23-24H2,1H3. The van der Waals surface area contributed by atoms with E-state index >= 15 is 0 Å². The summed E-state index contributed by atoms with van der Waals surface area (Å²) < 4.78 is 0. The van der Waals surface area contributed by atoms with E-state index in [2.05, 4.69) is 48.2 Å². The Hall–Kier alpha value is -5.34. The average molecular weight is 772 g/mol. The van der Waals surface area contributed by atoms with Crippen molar-refractivity contribution in [1.82, 2.24) is 0 Å². The molecule has 4 atom stereocenters. The molecule has 1 spiro atoms. The minimum absolute atomic E-state index is 0.0505. The lowest BCUT2D eigenvalue weighted by molar-refractivity contribution is 0.273. The summed E-state index contributed by atoms with van der Waals surface area (Å²) in [5.74, 6) is 1.31. The van der Waals surface area contributed by atoms with E-state index in [-0.39, 0.29) is 5.41 Å². The summed E-state index contributed by atoms with van der Waals surface area (Å²) in [6.07, 6.45) is 21.0. The first kappa shape index (κ1) is 30.6. The van der Waals surface area contributed by atoms with Gasteiger partial charge in [-0.1, -0.05) is 94.6 Å². The SMILES string of the molecule is CCCCCCCCCCCC1C2C3C=C4CC5=c6c4c4c3c3c7c8c(cc9cc%10c%11c%12c(cc(c%13c6c6c4c3c3c8c9c%11c3c6c%12%13)C5)C%10)CC72CN1c1ccc(O)cc1. The molecule has 1 fully saturated rings. The lowest BCUT2D eigenvalue weighted by Gasteiger charge is -2.44. The fourth-order valence-corrected chi connectivity index (χ4v) is 17.5. The summed E-state index contributed by atoms with van der Waals surface area (Å²) in [4.78, 5) is 2.89. The summed E-state index contributed by atoms with van der Waals surface area (Å²) in [7, 11) is 0. The van der Waals surface area contributed by atoms with Crippen LogP contribution in [0.25, 0.3) is 108 Å². The number of anilines is 1. The van der Waals surface area contributed by atoms with Crippen molar-refractivity contribution in [2.45, 2.75) is 114 Å². The van der Waals surface area contributed by atoms with Crippen molar-refractivity contribution in [3.63, 3.8) is 0 Å². The monoisotopic (exact) mass is 771 g/mol. The zero-order valence-electron chi connectivity index (χ0n) is 34.4. The van der Waals surface area contributed by atoms with E-state index in [1.165, 1.54) is 75.3 Å². The van der Waals surface area contributed by atoms with Crippen molar-refractivity contribution in [3.8, 4) is 5.75 Å². The second-order valence-electron chi connectivity index (χ2n) is 21.4. The van der Waals surface area contributed by atoms with Gasteiger partial charge in [-0.3, -0.25) is 0 Å². The predicted molar refractivity (Wildman–Crippen MR) is 252 cm³/mol. The van der Waals surface area contributed by atoms with E-state index in [9.17, 15) is 5.11 Å². The number of hydrogen-bond acceptors (Lipinski definition) is 2. The van der Waals surface area contributed by atoms with Crippen molar-refractivity contribution >= 4 is 114 Å². The van der Waals surface area contributed by atoms with Crippen LogP contribution in [0.4, 0.5) is 5.69 Å². The molecule has 1 aliphatic heterocycles. The Bertz CT molecular complexity index is 3900. The third-order valence-electron chi connectivity index (χ3n) is 19.0. The van der Waals surface area contributed by atoms with E-state index < -0.39 is 0 Å². The topological polar surface area (TPSA) is 23.5 Å². The summed E-state index contributed by atoms with van der Waals surface area (Å²) in [5.41, 5.74) is 16.4. The van der Waals surface area contributed by atoms with Crippen LogP contribution in [0.3, 0.4) is 0 Å². The van der Waals surface area contributed by atoms with Crippen LogP contribution in [0, 0.1) is 5.92 Å². The Morgan fingerprint density at radius 2 is 1.23 bits per heavy atom. The number of aromatic hydroxyl groups is 1.